The maximum Gasteiger partial charge on any atom is 0.270 e. The van der Waals surface area contributed by atoms with Crippen molar-refractivity contribution in [2.45, 2.75) is 221 Å². The molecule has 14 N–H and O–H groups in total. The number of halogens is 4. The van der Waals surface area contributed by atoms with Crippen LogP contribution in [-0.2, 0) is 35.2 Å². The van der Waals surface area contributed by atoms with E-state index in [4.69, 9.17) is 86.5 Å². The van der Waals surface area contributed by atoms with E-state index in [-0.39, 0.29) is 56.9 Å². The Morgan fingerprint density at radius 3 is 0.932 bits per heavy atom. The van der Waals surface area contributed by atoms with Crippen molar-refractivity contribution in [2.24, 2.45) is 62.3 Å². The second-order valence-corrected chi connectivity index (χ2v) is 43.3. The van der Waals surface area contributed by atoms with Gasteiger partial charge in [0.2, 0.25) is 29.7 Å². The summed E-state index contributed by atoms with van der Waals surface area (Å²) in [6.45, 7) is 33.6. The monoisotopic (exact) mass is 1970 g/mol. The summed E-state index contributed by atoms with van der Waals surface area (Å²) in [5.41, 5.74) is 44.9. The zero-order chi connectivity index (χ0) is 96.2. The highest BCUT2D eigenvalue weighted by Crippen LogP contribution is 2.45. The van der Waals surface area contributed by atoms with E-state index in [2.05, 4.69) is 129 Å². The standard InChI is InChI=1S/C19H26ClN5OS.2C19H25ClN4OS.C19H27N5OS.C18H25ClN6OS/c1-4-19(2)8-10-25(11-9-19)18-23-16(22)15(17(26)24(18)3)27-13-7-5-6-12(21)14(13)20;1-4-19(2)8-10-24(11-9-19)18-22-16(21)15(17(25)23(18)3)26-14-7-5-6-13(20)12-14;1-4-19(2)9-11-24(12-10-19)18-22-16(21)15(17(25)23(18)3)26-14-8-6-5-7-13(14)20;1-5-19(3)8-11-24(12-9-19)18-22-16(20)15(17(25)23(18)4)26-14-7-6-10-21-13(14)2;1-4-18(2)6-9-25(10-7-18)17-23-15(21)13(16(26)24(17)3)27-11-5-8-22-14(20)12(11)19/h5-7H,4,8-11,21-22H2,1-3H3;5-7,12H,4,8-11,21H2,1-3H3;5-8H,4,9-12,21H2,1-3H3;6-7,10H,5,8-9,11-12,20H2,1-4H3;5,8H,4,6-7,9-10,21H2,1-3H3,(H2,20,22). The molecule has 10 aromatic rings. The minimum Gasteiger partial charge on any atom is -0.397 e. The molecule has 29 nitrogen and oxygen atoms in total. The quantitative estimate of drug-likeness (QED) is 0.0348. The van der Waals surface area contributed by atoms with Crippen LogP contribution in [-0.4, -0.2) is 123 Å². The van der Waals surface area contributed by atoms with Crippen LogP contribution in [0.1, 0.15) is 171 Å². The van der Waals surface area contributed by atoms with Gasteiger partial charge in [0, 0.05) is 143 Å². The summed E-state index contributed by atoms with van der Waals surface area (Å²) in [5.74, 6) is 4.67. The molecule has 0 aliphatic carbocycles. The lowest BCUT2D eigenvalue weighted by Crippen LogP contribution is -2.41. The maximum atomic E-state index is 13.0. The Morgan fingerprint density at radius 2 is 0.614 bits per heavy atom. The first-order valence-electron chi connectivity index (χ1n) is 44.8. The molecule has 12 heterocycles. The predicted octanol–water partition coefficient (Wildman–Crippen LogP) is 18.5. The lowest BCUT2D eigenvalue weighted by molar-refractivity contribution is 0.236. The van der Waals surface area contributed by atoms with Crippen LogP contribution in [0.2, 0.25) is 20.1 Å². The molecule has 0 atom stereocenters. The molecule has 0 radical (unpaired) electrons. The molecule has 712 valence electrons. The number of hydrogen-bond acceptors (Lipinski definition) is 29. The molecule has 0 spiro atoms. The number of aryl methyl sites for hydroxylation is 1. The van der Waals surface area contributed by atoms with Crippen LogP contribution in [0.15, 0.2) is 170 Å². The summed E-state index contributed by atoms with van der Waals surface area (Å²) in [4.78, 5) is 112. The number of aromatic nitrogens is 12. The summed E-state index contributed by atoms with van der Waals surface area (Å²) in [6, 6.07) is 25.6. The molecule has 38 heteroatoms. The minimum atomic E-state index is -0.197. The van der Waals surface area contributed by atoms with Gasteiger partial charge in [0.1, 0.15) is 59.4 Å². The summed E-state index contributed by atoms with van der Waals surface area (Å²) < 4.78 is 7.97. The zero-order valence-electron chi connectivity index (χ0n) is 78.7. The average Bonchev–Trinajstić information content (AvgIpc) is 0.792. The number of nitrogens with zero attached hydrogens (tertiary/aromatic N) is 17. The third kappa shape index (κ3) is 24.6. The van der Waals surface area contributed by atoms with E-state index in [9.17, 15) is 24.0 Å². The molecule has 5 saturated heterocycles. The van der Waals surface area contributed by atoms with Crippen LogP contribution >= 0.6 is 105 Å². The fraction of sp³-hybridized carbons (Fsp3) is 0.489. The van der Waals surface area contributed by atoms with Gasteiger partial charge < -0.3 is 64.6 Å². The maximum absolute atomic E-state index is 13.0. The molecular formula is C94H128Cl4N24O5S5. The molecule has 132 heavy (non-hydrogen) atoms. The van der Waals surface area contributed by atoms with Gasteiger partial charge in [-0.05, 0) is 159 Å². The Hall–Kier alpha value is -9.13. The molecule has 7 aromatic heterocycles. The molecule has 15 rings (SSSR count). The number of benzene rings is 3. The Balaban J connectivity index is 0.000000159. The zero-order valence-corrected chi connectivity index (χ0v) is 85.8. The Kier molecular flexibility index (Phi) is 34.9. The number of nitrogen functional groups attached to an aromatic ring is 7. The number of pyridine rings is 2. The van der Waals surface area contributed by atoms with Crippen LogP contribution in [0, 0.1) is 34.0 Å². The van der Waals surface area contributed by atoms with Crippen molar-refractivity contribution in [3.05, 3.63) is 175 Å². The second kappa shape index (κ2) is 44.6. The van der Waals surface area contributed by atoms with Crippen LogP contribution in [0.25, 0.3) is 0 Å². The highest BCUT2D eigenvalue weighted by Gasteiger charge is 2.37. The Bertz CT molecular complexity index is 5780. The van der Waals surface area contributed by atoms with Crippen molar-refractivity contribution >= 4 is 176 Å². The van der Waals surface area contributed by atoms with Gasteiger partial charge in [0.25, 0.3) is 27.8 Å². The summed E-state index contributed by atoms with van der Waals surface area (Å²) in [7, 11) is 8.76. The van der Waals surface area contributed by atoms with E-state index in [1.54, 1.807) is 101 Å². The van der Waals surface area contributed by atoms with Gasteiger partial charge >= 0.3 is 0 Å². The third-order valence-corrected chi connectivity index (χ3v) is 34.8. The van der Waals surface area contributed by atoms with Gasteiger partial charge in [-0.2, -0.15) is 24.9 Å². The van der Waals surface area contributed by atoms with Crippen LogP contribution in [0.5, 0.6) is 0 Å². The second-order valence-electron chi connectivity index (χ2n) is 36.4. The van der Waals surface area contributed by atoms with Gasteiger partial charge in [0.05, 0.1) is 26.4 Å². The van der Waals surface area contributed by atoms with E-state index >= 15 is 0 Å². The van der Waals surface area contributed by atoms with Gasteiger partial charge in [-0.3, -0.25) is 51.8 Å². The van der Waals surface area contributed by atoms with Gasteiger partial charge in [-0.15, -0.1) is 0 Å². The molecule has 3 aromatic carbocycles. The van der Waals surface area contributed by atoms with Gasteiger partial charge in [-0.1, -0.05) is 231 Å². The summed E-state index contributed by atoms with van der Waals surface area (Å²) >= 11 is 31.0. The number of nitrogens with two attached hydrogens (primary N) is 7. The topological polar surface area (TPSA) is 399 Å². The molecule has 5 aliphatic heterocycles. The highest BCUT2D eigenvalue weighted by molar-refractivity contribution is 8.00. The van der Waals surface area contributed by atoms with E-state index in [0.717, 1.165) is 175 Å². The molecule has 0 bridgehead atoms. The van der Waals surface area contributed by atoms with E-state index in [1.807, 2.05) is 61.5 Å². The molecule has 0 saturated carbocycles. The average molecular weight is 1980 g/mol. The van der Waals surface area contributed by atoms with Crippen molar-refractivity contribution in [3.8, 4) is 0 Å². The summed E-state index contributed by atoms with van der Waals surface area (Å²) in [5, 5.41) is 1.95. The lowest BCUT2D eigenvalue weighted by atomic mass is 9.78. The van der Waals surface area contributed by atoms with Crippen molar-refractivity contribution < 1.29 is 0 Å². The van der Waals surface area contributed by atoms with Gasteiger partial charge in [-0.25, -0.2) is 4.98 Å². The predicted molar refractivity (Wildman–Crippen MR) is 551 cm³/mol. The van der Waals surface area contributed by atoms with E-state index in [1.165, 1.54) is 66.3 Å². The highest BCUT2D eigenvalue weighted by atomic mass is 35.5. The molecule has 0 amide bonds. The summed E-state index contributed by atoms with van der Waals surface area (Å²) in [6.07, 6.45) is 20.0. The molecule has 5 fully saturated rings. The Labute approximate surface area is 815 Å². The normalized spacial score (nSPS) is 16.6. The first kappa shape index (κ1) is 103. The van der Waals surface area contributed by atoms with Crippen molar-refractivity contribution in [1.29, 1.82) is 0 Å². The molecule has 0 unspecified atom stereocenters. The fourth-order valence-electron chi connectivity index (χ4n) is 16.1. The smallest absolute Gasteiger partial charge is 0.270 e. The first-order valence-corrected chi connectivity index (χ1v) is 50.4. The van der Waals surface area contributed by atoms with E-state index < -0.39 is 0 Å². The van der Waals surface area contributed by atoms with Gasteiger partial charge in [0.15, 0.2) is 0 Å². The van der Waals surface area contributed by atoms with Crippen LogP contribution < -0.4 is 92.4 Å². The number of anilines is 12. The number of piperidine rings is 5. The third-order valence-electron chi connectivity index (χ3n) is 27.3. The fourth-order valence-corrected chi connectivity index (χ4v) is 21.8. The Morgan fingerprint density at radius 1 is 0.326 bits per heavy atom. The van der Waals surface area contributed by atoms with E-state index in [0.29, 0.717) is 123 Å². The number of hydrogen-bond donors (Lipinski definition) is 7. The molecule has 5 aliphatic rings. The molecular weight excluding hydrogens is 1850 g/mol. The van der Waals surface area contributed by atoms with Crippen molar-refractivity contribution in [2.75, 3.05) is 130 Å². The van der Waals surface area contributed by atoms with Crippen molar-refractivity contribution in [1.82, 2.24) is 57.7 Å². The first-order chi connectivity index (χ1) is 62.5. The SMILES string of the molecule is CCC1(C)CCN(c2nc(N)c(Sc3cccc(Cl)c3)c(=O)n2C)CC1.CCC1(C)CCN(c2nc(N)c(Sc3cccc(N)c3Cl)c(=O)n2C)CC1.CCC1(C)CCN(c2nc(N)c(Sc3ccccc3Cl)c(=O)n2C)CC1.CCC1(C)CCN(c2nc(N)c(Sc3cccnc3C)c(=O)n2C)CC1.CCC1(C)CCN(c2nc(N)c(Sc3ccnc(N)c3Cl)c(=O)n2C)CC1. The van der Waals surface area contributed by atoms with Crippen molar-refractivity contribution in [3.63, 3.8) is 0 Å². The lowest BCUT2D eigenvalue weighted by Gasteiger charge is -2.39. The van der Waals surface area contributed by atoms with Crippen LogP contribution in [0.3, 0.4) is 0 Å². The number of rotatable bonds is 20. The largest absolute Gasteiger partial charge is 0.397 e. The minimum absolute atomic E-state index is 0.107. The van der Waals surface area contributed by atoms with Crippen LogP contribution in [0.4, 0.5) is 70.3 Å².